The summed E-state index contributed by atoms with van der Waals surface area (Å²) in [7, 11) is 1.45. The SMILES string of the molecule is COc1cc(N)c(Cl)cc1C(=O)OCCN1CCC(CCN(C(=O)OC(C)(C)C)C(=O)OC(C)(C)C)CC1. The van der Waals surface area contributed by atoms with Crippen LogP contribution in [0, 0.1) is 5.92 Å². The molecule has 2 rings (SSSR count). The van der Waals surface area contributed by atoms with Crippen LogP contribution in [-0.2, 0) is 14.2 Å². The molecule has 2 amide bonds. The topological polar surface area (TPSA) is 121 Å². The van der Waals surface area contributed by atoms with Gasteiger partial charge < -0.3 is 24.7 Å². The van der Waals surface area contributed by atoms with Crippen LogP contribution < -0.4 is 10.5 Å². The van der Waals surface area contributed by atoms with Crippen LogP contribution in [0.1, 0.15) is 71.2 Å². The van der Waals surface area contributed by atoms with E-state index in [1.54, 1.807) is 41.5 Å². The lowest BCUT2D eigenvalue weighted by molar-refractivity contribution is -0.000225. The van der Waals surface area contributed by atoms with Gasteiger partial charge in [0.25, 0.3) is 0 Å². The second-order valence-corrected chi connectivity index (χ2v) is 11.8. The third kappa shape index (κ3) is 10.2. The molecule has 11 heteroatoms. The Kier molecular flexibility index (Phi) is 11.1. The number of likely N-dealkylation sites (tertiary alicyclic amines) is 1. The standard InChI is InChI=1S/C27H42ClN3O7/c1-26(2,3)37-24(33)31(25(34)38-27(4,5)6)13-10-18-8-11-30(12-9-18)14-15-36-23(32)19-16-20(28)21(29)17-22(19)35-7/h16-18H,8-15,29H2,1-7H3. The van der Waals surface area contributed by atoms with Crippen molar-refractivity contribution in [2.24, 2.45) is 5.92 Å². The van der Waals surface area contributed by atoms with Crippen molar-refractivity contribution in [1.82, 2.24) is 9.80 Å². The van der Waals surface area contributed by atoms with Crippen LogP contribution in [0.2, 0.25) is 5.02 Å². The van der Waals surface area contributed by atoms with Crippen molar-refractivity contribution in [3.8, 4) is 5.75 Å². The molecule has 0 bridgehead atoms. The number of benzene rings is 1. The molecule has 0 atom stereocenters. The molecule has 0 unspecified atom stereocenters. The van der Waals surface area contributed by atoms with Gasteiger partial charge in [-0.1, -0.05) is 11.6 Å². The fraction of sp³-hybridized carbons (Fsp3) is 0.667. The van der Waals surface area contributed by atoms with Gasteiger partial charge in [-0.3, -0.25) is 4.90 Å². The van der Waals surface area contributed by atoms with E-state index < -0.39 is 29.4 Å². The number of ether oxygens (including phenoxy) is 4. The van der Waals surface area contributed by atoms with E-state index in [4.69, 9.17) is 36.3 Å². The van der Waals surface area contributed by atoms with Crippen molar-refractivity contribution in [1.29, 1.82) is 0 Å². The summed E-state index contributed by atoms with van der Waals surface area (Å²) in [6.45, 7) is 13.2. The molecule has 214 valence electrons. The van der Waals surface area contributed by atoms with Crippen molar-refractivity contribution in [3.63, 3.8) is 0 Å². The minimum atomic E-state index is -0.725. The Morgan fingerprint density at radius 1 is 1.03 bits per heavy atom. The number of nitrogens with zero attached hydrogens (tertiary/aromatic N) is 2. The number of piperidine rings is 1. The number of hydrogen-bond acceptors (Lipinski definition) is 9. The molecule has 0 radical (unpaired) electrons. The summed E-state index contributed by atoms with van der Waals surface area (Å²) in [6.07, 6.45) is 1.03. The van der Waals surface area contributed by atoms with E-state index >= 15 is 0 Å². The summed E-state index contributed by atoms with van der Waals surface area (Å²) in [5.41, 5.74) is 4.87. The van der Waals surface area contributed by atoms with Crippen LogP contribution >= 0.6 is 11.6 Å². The zero-order valence-electron chi connectivity index (χ0n) is 23.6. The summed E-state index contributed by atoms with van der Waals surface area (Å²) < 4.78 is 21.5. The maximum atomic E-state index is 12.7. The van der Waals surface area contributed by atoms with E-state index in [-0.39, 0.29) is 23.7 Å². The average molecular weight is 556 g/mol. The lowest BCUT2D eigenvalue weighted by atomic mass is 9.93. The van der Waals surface area contributed by atoms with Crippen molar-refractivity contribution in [2.75, 3.05) is 45.6 Å². The molecule has 1 heterocycles. The Balaban J connectivity index is 1.83. The third-order valence-electron chi connectivity index (χ3n) is 5.88. The van der Waals surface area contributed by atoms with Crippen LogP contribution in [0.4, 0.5) is 15.3 Å². The van der Waals surface area contributed by atoms with Gasteiger partial charge in [-0.2, -0.15) is 0 Å². The molecule has 0 spiro atoms. The summed E-state index contributed by atoms with van der Waals surface area (Å²) >= 11 is 6.04. The van der Waals surface area contributed by atoms with E-state index in [2.05, 4.69) is 4.90 Å². The summed E-state index contributed by atoms with van der Waals surface area (Å²) in [4.78, 5) is 41.2. The molecule has 1 aliphatic heterocycles. The number of imide groups is 1. The summed E-state index contributed by atoms with van der Waals surface area (Å²) in [6, 6.07) is 2.94. The normalized spacial score (nSPS) is 15.1. The Bertz CT molecular complexity index is 952. The smallest absolute Gasteiger partial charge is 0.419 e. The number of hydrogen-bond donors (Lipinski definition) is 1. The first kappa shape index (κ1) is 31.5. The number of methoxy groups -OCH3 is 1. The number of amides is 2. The van der Waals surface area contributed by atoms with E-state index in [1.807, 2.05) is 0 Å². The van der Waals surface area contributed by atoms with Gasteiger partial charge in [-0.25, -0.2) is 19.3 Å². The van der Waals surface area contributed by atoms with E-state index in [0.717, 1.165) is 30.8 Å². The minimum absolute atomic E-state index is 0.220. The van der Waals surface area contributed by atoms with Crippen LogP contribution in [0.25, 0.3) is 0 Å². The Labute approximate surface area is 230 Å². The highest BCUT2D eigenvalue weighted by Gasteiger charge is 2.32. The molecule has 38 heavy (non-hydrogen) atoms. The second-order valence-electron chi connectivity index (χ2n) is 11.4. The first-order valence-corrected chi connectivity index (χ1v) is 13.2. The maximum absolute atomic E-state index is 12.7. The van der Waals surface area contributed by atoms with Gasteiger partial charge >= 0.3 is 18.2 Å². The first-order chi connectivity index (χ1) is 17.6. The largest absolute Gasteiger partial charge is 0.496 e. The molecular formula is C27H42ClN3O7. The van der Waals surface area contributed by atoms with Crippen molar-refractivity contribution in [3.05, 3.63) is 22.7 Å². The molecule has 1 aromatic carbocycles. The highest BCUT2D eigenvalue weighted by molar-refractivity contribution is 6.33. The van der Waals surface area contributed by atoms with Crippen LogP contribution in [-0.4, -0.2) is 79.1 Å². The van der Waals surface area contributed by atoms with E-state index in [1.165, 1.54) is 19.2 Å². The van der Waals surface area contributed by atoms with Gasteiger partial charge in [0.2, 0.25) is 0 Å². The number of rotatable bonds is 8. The van der Waals surface area contributed by atoms with E-state index in [0.29, 0.717) is 30.3 Å². The van der Waals surface area contributed by atoms with Crippen LogP contribution in [0.5, 0.6) is 5.75 Å². The Hall–Kier alpha value is -2.72. The van der Waals surface area contributed by atoms with Crippen molar-refractivity contribution < 1.29 is 33.3 Å². The number of carbonyl (C=O) groups is 3. The number of anilines is 1. The highest BCUT2D eigenvalue weighted by Crippen LogP contribution is 2.29. The predicted octanol–water partition coefficient (Wildman–Crippen LogP) is 5.36. The Morgan fingerprint density at radius 3 is 2.08 bits per heavy atom. The quantitative estimate of drug-likeness (QED) is 0.256. The maximum Gasteiger partial charge on any atom is 0.419 e. The molecule has 1 fully saturated rings. The number of halogens is 1. The van der Waals surface area contributed by atoms with Gasteiger partial charge in [0.1, 0.15) is 29.1 Å². The predicted molar refractivity (Wildman–Crippen MR) is 146 cm³/mol. The highest BCUT2D eigenvalue weighted by atomic mass is 35.5. The van der Waals surface area contributed by atoms with Gasteiger partial charge in [0.15, 0.2) is 0 Å². The number of nitrogens with two attached hydrogens (primary N) is 1. The van der Waals surface area contributed by atoms with Gasteiger partial charge in [-0.15, -0.1) is 0 Å². The van der Waals surface area contributed by atoms with Crippen molar-refractivity contribution >= 4 is 35.4 Å². The zero-order chi connectivity index (χ0) is 28.7. The fourth-order valence-electron chi connectivity index (χ4n) is 3.94. The molecule has 2 N–H and O–H groups in total. The number of esters is 1. The average Bonchev–Trinajstić information content (AvgIpc) is 2.79. The molecule has 0 saturated carbocycles. The lowest BCUT2D eigenvalue weighted by Gasteiger charge is -2.33. The molecular weight excluding hydrogens is 514 g/mol. The van der Waals surface area contributed by atoms with Crippen LogP contribution in [0.15, 0.2) is 12.1 Å². The summed E-state index contributed by atoms with van der Waals surface area (Å²) in [5.74, 6) is 0.120. The second kappa shape index (κ2) is 13.4. The minimum Gasteiger partial charge on any atom is -0.496 e. The zero-order valence-corrected chi connectivity index (χ0v) is 24.4. The van der Waals surface area contributed by atoms with E-state index in [9.17, 15) is 14.4 Å². The molecule has 1 saturated heterocycles. The Morgan fingerprint density at radius 2 is 1.58 bits per heavy atom. The van der Waals surface area contributed by atoms with Gasteiger partial charge in [0.05, 0.1) is 17.8 Å². The summed E-state index contributed by atoms with van der Waals surface area (Å²) in [5, 5.41) is 0.261. The van der Waals surface area contributed by atoms with Crippen LogP contribution in [0.3, 0.4) is 0 Å². The van der Waals surface area contributed by atoms with Crippen molar-refractivity contribution in [2.45, 2.75) is 72.0 Å². The molecule has 1 aromatic rings. The molecule has 0 aliphatic carbocycles. The number of nitrogen functional groups attached to an aromatic ring is 1. The van der Waals surface area contributed by atoms with Gasteiger partial charge in [-0.05, 0) is 85.9 Å². The molecule has 1 aliphatic rings. The van der Waals surface area contributed by atoms with Gasteiger partial charge in [0, 0.05) is 19.2 Å². The molecule has 10 nitrogen and oxygen atoms in total. The molecule has 0 aromatic heterocycles. The first-order valence-electron chi connectivity index (χ1n) is 12.9. The fourth-order valence-corrected chi connectivity index (χ4v) is 4.11. The third-order valence-corrected chi connectivity index (χ3v) is 6.20. The number of carbonyl (C=O) groups excluding carboxylic acids is 3. The monoisotopic (exact) mass is 555 g/mol. The lowest BCUT2D eigenvalue weighted by Crippen LogP contribution is -2.45.